The van der Waals surface area contributed by atoms with Crippen LogP contribution in [0.1, 0.15) is 30.5 Å². The molecule has 6 heteroatoms. The molecule has 0 radical (unpaired) electrons. The van der Waals surface area contributed by atoms with Gasteiger partial charge in [0.25, 0.3) is 5.56 Å². The van der Waals surface area contributed by atoms with Crippen molar-refractivity contribution in [1.82, 2.24) is 10.1 Å². The minimum atomic E-state index is -0.353. The predicted molar refractivity (Wildman–Crippen MR) is 73.4 cm³/mol. The Balaban J connectivity index is 1.85. The van der Waals surface area contributed by atoms with Crippen molar-refractivity contribution in [1.29, 1.82) is 0 Å². The summed E-state index contributed by atoms with van der Waals surface area (Å²) in [6.07, 6.45) is 2.88. The van der Waals surface area contributed by atoms with Gasteiger partial charge in [-0.15, -0.1) is 0 Å². The normalized spacial score (nSPS) is 22.9. The van der Waals surface area contributed by atoms with Crippen LogP contribution in [0.5, 0.6) is 0 Å². The highest BCUT2D eigenvalue weighted by molar-refractivity contribution is 6.31. The molecule has 106 valence electrons. The van der Waals surface area contributed by atoms with E-state index in [-0.39, 0.29) is 23.5 Å². The van der Waals surface area contributed by atoms with Crippen LogP contribution in [0, 0.1) is 5.82 Å². The average molecular weight is 297 g/mol. The molecular weight excluding hydrogens is 283 g/mol. The molecule has 1 aliphatic heterocycles. The Morgan fingerprint density at radius 1 is 1.40 bits per heavy atom. The Hall–Kier alpha value is -1.59. The highest BCUT2D eigenvalue weighted by atomic mass is 35.5. The summed E-state index contributed by atoms with van der Waals surface area (Å²) in [7, 11) is 0. The SMILES string of the molecule is O=c1ccon1[C@@H]1CCN[C@@H](c2ccc(F)cc2Cl)C1. The van der Waals surface area contributed by atoms with Gasteiger partial charge in [-0.1, -0.05) is 17.7 Å². The van der Waals surface area contributed by atoms with Crippen molar-refractivity contribution in [3.63, 3.8) is 0 Å². The third-order valence-corrected chi connectivity index (χ3v) is 3.98. The van der Waals surface area contributed by atoms with Crippen molar-refractivity contribution in [3.05, 3.63) is 57.3 Å². The van der Waals surface area contributed by atoms with Gasteiger partial charge in [-0.3, -0.25) is 4.79 Å². The van der Waals surface area contributed by atoms with Crippen LogP contribution in [-0.2, 0) is 0 Å². The van der Waals surface area contributed by atoms with Crippen molar-refractivity contribution in [2.75, 3.05) is 6.54 Å². The number of hydrogen-bond acceptors (Lipinski definition) is 3. The Morgan fingerprint density at radius 3 is 2.95 bits per heavy atom. The summed E-state index contributed by atoms with van der Waals surface area (Å²) in [6, 6.07) is 5.76. The van der Waals surface area contributed by atoms with E-state index in [2.05, 4.69) is 5.32 Å². The summed E-state index contributed by atoms with van der Waals surface area (Å²) in [5.74, 6) is -0.353. The molecule has 1 saturated heterocycles. The summed E-state index contributed by atoms with van der Waals surface area (Å²) in [5.41, 5.74) is 0.707. The molecule has 2 heterocycles. The maximum absolute atomic E-state index is 13.1. The topological polar surface area (TPSA) is 47.2 Å². The zero-order valence-electron chi connectivity index (χ0n) is 10.7. The molecule has 3 rings (SSSR count). The summed E-state index contributed by atoms with van der Waals surface area (Å²) in [5, 5.41) is 3.74. The fourth-order valence-corrected chi connectivity index (χ4v) is 2.98. The van der Waals surface area contributed by atoms with Crippen LogP contribution in [0.25, 0.3) is 0 Å². The van der Waals surface area contributed by atoms with Gasteiger partial charge >= 0.3 is 0 Å². The quantitative estimate of drug-likeness (QED) is 0.927. The molecule has 0 unspecified atom stereocenters. The van der Waals surface area contributed by atoms with Gasteiger partial charge in [0.1, 0.15) is 12.1 Å². The zero-order chi connectivity index (χ0) is 14.1. The highest BCUT2D eigenvalue weighted by Gasteiger charge is 2.27. The number of halogens is 2. The molecule has 4 nitrogen and oxygen atoms in total. The number of piperidine rings is 1. The second kappa shape index (κ2) is 5.42. The van der Waals surface area contributed by atoms with Crippen molar-refractivity contribution >= 4 is 11.6 Å². The Bertz CT molecular complexity index is 667. The van der Waals surface area contributed by atoms with Crippen LogP contribution in [0.2, 0.25) is 5.02 Å². The third-order valence-electron chi connectivity index (χ3n) is 3.65. The van der Waals surface area contributed by atoms with Crippen LogP contribution in [0.3, 0.4) is 0 Å². The van der Waals surface area contributed by atoms with E-state index in [0.29, 0.717) is 11.4 Å². The molecule has 1 fully saturated rings. The number of benzene rings is 1. The lowest BCUT2D eigenvalue weighted by Crippen LogP contribution is -2.35. The number of nitrogens with one attached hydrogen (secondary N) is 1. The number of aromatic nitrogens is 1. The van der Waals surface area contributed by atoms with Crippen LogP contribution in [-0.4, -0.2) is 11.3 Å². The third kappa shape index (κ3) is 2.51. The molecule has 1 N–H and O–H groups in total. The zero-order valence-corrected chi connectivity index (χ0v) is 11.4. The van der Waals surface area contributed by atoms with Gasteiger partial charge in [-0.2, -0.15) is 4.74 Å². The second-order valence-corrected chi connectivity index (χ2v) is 5.33. The first-order valence-electron chi connectivity index (χ1n) is 6.50. The lowest BCUT2D eigenvalue weighted by molar-refractivity contribution is 0.161. The van der Waals surface area contributed by atoms with Crippen molar-refractivity contribution in [3.8, 4) is 0 Å². The molecule has 0 spiro atoms. The summed E-state index contributed by atoms with van der Waals surface area (Å²) in [4.78, 5) is 11.6. The Kier molecular flexibility index (Phi) is 3.63. The molecule has 1 aliphatic rings. The van der Waals surface area contributed by atoms with E-state index in [4.69, 9.17) is 16.1 Å². The van der Waals surface area contributed by atoms with Crippen molar-refractivity contribution in [2.45, 2.75) is 24.9 Å². The van der Waals surface area contributed by atoms with Crippen LogP contribution < -0.4 is 10.9 Å². The van der Waals surface area contributed by atoms with Crippen molar-refractivity contribution < 1.29 is 8.91 Å². The van der Waals surface area contributed by atoms with E-state index in [1.54, 1.807) is 6.07 Å². The first-order valence-corrected chi connectivity index (χ1v) is 6.88. The first kappa shape index (κ1) is 13.4. The minimum absolute atomic E-state index is 0.00938. The molecule has 0 bridgehead atoms. The Labute approximate surface area is 120 Å². The van der Waals surface area contributed by atoms with Gasteiger partial charge in [0.15, 0.2) is 0 Å². The summed E-state index contributed by atoms with van der Waals surface area (Å²) in [6.45, 7) is 0.746. The maximum atomic E-state index is 13.1. The molecule has 1 aromatic heterocycles. The fraction of sp³-hybridized carbons (Fsp3) is 0.357. The standard InChI is InChI=1S/C14H14ClFN2O2/c15-12-7-9(16)1-2-11(12)13-8-10(3-5-17-13)18-14(19)4-6-20-18/h1-2,4,6-7,10,13,17H,3,5,8H2/t10-,13-/m1/s1. The van der Waals surface area contributed by atoms with E-state index in [9.17, 15) is 9.18 Å². The van der Waals surface area contributed by atoms with Crippen LogP contribution in [0.15, 0.2) is 39.8 Å². The molecule has 0 saturated carbocycles. The monoisotopic (exact) mass is 296 g/mol. The molecule has 1 aromatic carbocycles. The molecule has 2 atom stereocenters. The summed E-state index contributed by atoms with van der Waals surface area (Å²) < 4.78 is 19.7. The molecule has 0 amide bonds. The van der Waals surface area contributed by atoms with Crippen LogP contribution in [0.4, 0.5) is 4.39 Å². The van der Waals surface area contributed by atoms with E-state index in [0.717, 1.165) is 18.5 Å². The smallest absolute Gasteiger partial charge is 0.282 e. The van der Waals surface area contributed by atoms with E-state index in [1.807, 2.05) is 0 Å². The largest absolute Gasteiger partial charge is 0.384 e. The van der Waals surface area contributed by atoms with Gasteiger partial charge in [0.05, 0.1) is 6.04 Å². The molecule has 2 aromatic rings. The van der Waals surface area contributed by atoms with Gasteiger partial charge in [0, 0.05) is 17.1 Å². The number of rotatable bonds is 2. The van der Waals surface area contributed by atoms with E-state index >= 15 is 0 Å². The highest BCUT2D eigenvalue weighted by Crippen LogP contribution is 2.33. The Morgan fingerprint density at radius 2 is 2.25 bits per heavy atom. The van der Waals surface area contributed by atoms with Crippen LogP contribution >= 0.6 is 11.6 Å². The maximum Gasteiger partial charge on any atom is 0.282 e. The summed E-state index contributed by atoms with van der Waals surface area (Å²) >= 11 is 6.09. The molecule has 0 aliphatic carbocycles. The molecular formula is C14H14ClFN2O2. The fourth-order valence-electron chi connectivity index (χ4n) is 2.68. The number of hydrogen-bond donors (Lipinski definition) is 1. The van der Waals surface area contributed by atoms with Gasteiger partial charge in [-0.25, -0.2) is 4.39 Å². The average Bonchev–Trinajstić information content (AvgIpc) is 2.85. The van der Waals surface area contributed by atoms with E-state index < -0.39 is 0 Å². The van der Waals surface area contributed by atoms with Crippen molar-refractivity contribution in [2.24, 2.45) is 0 Å². The minimum Gasteiger partial charge on any atom is -0.384 e. The van der Waals surface area contributed by atoms with Gasteiger partial charge in [-0.05, 0) is 37.1 Å². The predicted octanol–water partition coefficient (Wildman–Crippen LogP) is 2.90. The second-order valence-electron chi connectivity index (χ2n) is 4.92. The van der Waals surface area contributed by atoms with E-state index in [1.165, 1.54) is 29.2 Å². The molecule has 20 heavy (non-hydrogen) atoms. The number of nitrogens with zero attached hydrogens (tertiary/aromatic N) is 1. The first-order chi connectivity index (χ1) is 9.65. The lowest BCUT2D eigenvalue weighted by Gasteiger charge is -2.30. The van der Waals surface area contributed by atoms with Gasteiger partial charge < -0.3 is 9.84 Å². The van der Waals surface area contributed by atoms with Gasteiger partial charge in [0.2, 0.25) is 0 Å². The lowest BCUT2D eigenvalue weighted by atomic mass is 9.94.